The van der Waals surface area contributed by atoms with Gasteiger partial charge >= 0.3 is 6.09 Å². The van der Waals surface area contributed by atoms with Crippen molar-refractivity contribution in [1.29, 1.82) is 0 Å². The first-order valence-corrected chi connectivity index (χ1v) is 36.8. The highest BCUT2D eigenvalue weighted by molar-refractivity contribution is 6.76. The summed E-state index contributed by atoms with van der Waals surface area (Å²) in [6.07, 6.45) is 14.7. The minimum Gasteiger partial charge on any atom is -0.444 e. The maximum absolute atomic E-state index is 13.4. The Kier molecular flexibility index (Phi) is 19.4. The molecule has 1 amide bonds. The third-order valence-electron chi connectivity index (χ3n) is 14.9. The molecule has 21 heteroatoms. The lowest BCUT2D eigenvalue weighted by molar-refractivity contribution is 0.0197. The Morgan fingerprint density at radius 1 is 0.726 bits per heavy atom. The number of nitrogens with zero attached hydrogens (tertiary/aromatic N) is 12. The van der Waals surface area contributed by atoms with Crippen LogP contribution in [0.25, 0.3) is 33.5 Å². The van der Waals surface area contributed by atoms with Crippen LogP contribution in [0.15, 0.2) is 97.8 Å². The number of amides is 1. The Hall–Kier alpha value is -7.49. The number of nitrogens with two attached hydrogens (primary N) is 1. The zero-order valence-corrected chi connectivity index (χ0v) is 53.0. The number of carbonyl (C=O) groups is 2. The number of hydrogen-bond donors (Lipinski definition) is 2. The van der Waals surface area contributed by atoms with E-state index < -0.39 is 21.7 Å². The molecule has 10 rings (SSSR count). The van der Waals surface area contributed by atoms with E-state index in [1.54, 1.807) is 26.3 Å². The standard InChI is InChI=1S/C40H59N7O4Si2.C23H25N7O/c1-40(2,3)51-39(48)45-20-14-17-32(28-45)36-34(19-18-31-15-12-11-13-16-31)38(47-37(43-36)35(26-42-47)33-25-41-44(4)27-33)46(29-49-21-23-52(5,6)7)30-50-22-24-53(8,9)10;1-29-14-17(12-26-29)18-13-27-30-22(24)20(19(31)10-15-6-3-2-4-7-15)21(28-23(18)30)16-8-5-9-25-11-16/h11-13,15-16,25-27,32H,14,17,20-24,28-30H2,1-10H3;2-4,6-7,12-14,16,25H,5,8-11,24H2,1H3. The highest BCUT2D eigenvalue weighted by Crippen LogP contribution is 2.38. The molecule has 8 heterocycles. The van der Waals surface area contributed by atoms with E-state index in [-0.39, 0.29) is 30.1 Å². The molecule has 0 bridgehead atoms. The van der Waals surface area contributed by atoms with Crippen LogP contribution in [0.1, 0.15) is 96.7 Å². The van der Waals surface area contributed by atoms with Crippen LogP contribution in [0, 0.1) is 11.8 Å². The summed E-state index contributed by atoms with van der Waals surface area (Å²) in [6.45, 7) is 24.6. The fourth-order valence-corrected chi connectivity index (χ4v) is 11.9. The molecule has 444 valence electrons. The van der Waals surface area contributed by atoms with Gasteiger partial charge in [0.15, 0.2) is 22.9 Å². The second-order valence-corrected chi connectivity index (χ2v) is 36.8. The molecule has 2 aromatic carbocycles. The highest BCUT2D eigenvalue weighted by atomic mass is 28.3. The van der Waals surface area contributed by atoms with Gasteiger partial charge in [0, 0.05) is 122 Å². The summed E-state index contributed by atoms with van der Waals surface area (Å²) in [7, 11) is 1.11. The van der Waals surface area contributed by atoms with Crippen LogP contribution >= 0.6 is 0 Å². The summed E-state index contributed by atoms with van der Waals surface area (Å²) < 4.78 is 25.8. The van der Waals surface area contributed by atoms with Crippen LogP contribution in [-0.4, -0.2) is 140 Å². The van der Waals surface area contributed by atoms with E-state index in [1.807, 2.05) is 130 Å². The number of anilines is 2. The van der Waals surface area contributed by atoms with Crippen molar-refractivity contribution >= 4 is 51.0 Å². The van der Waals surface area contributed by atoms with E-state index >= 15 is 0 Å². The number of hydrogen-bond acceptors (Lipinski definition) is 14. The molecule has 2 unspecified atom stereocenters. The van der Waals surface area contributed by atoms with E-state index in [4.69, 9.17) is 35.0 Å². The predicted molar refractivity (Wildman–Crippen MR) is 337 cm³/mol. The molecule has 19 nitrogen and oxygen atoms in total. The quantitative estimate of drug-likeness (QED) is 0.0270. The summed E-state index contributed by atoms with van der Waals surface area (Å²) in [5.41, 5.74) is 15.6. The number of ketones is 1. The topological polar surface area (TPSA) is 202 Å². The molecule has 8 aromatic rings. The SMILES string of the molecule is Cn1cc(-c2cnn3c(N(COCC[Si](C)(C)C)COCC[Si](C)(C)C)c(C#Cc4ccccc4)c(C4CCCN(C(=O)OC(C)(C)C)C4)nc23)cn1.Cn1cc(-c2cnn3c(N)c(C(=O)Cc4ccccc4)c(C4CCCNC4)nc23)cn1. The summed E-state index contributed by atoms with van der Waals surface area (Å²) in [5, 5.41) is 21.6. The number of aromatic nitrogens is 10. The first kappa shape index (κ1) is 61.1. The molecule has 2 fully saturated rings. The zero-order valence-electron chi connectivity index (χ0n) is 51.0. The van der Waals surface area contributed by atoms with Gasteiger partial charge < -0.3 is 35.1 Å². The molecule has 0 saturated carbocycles. The van der Waals surface area contributed by atoms with Crippen molar-refractivity contribution < 1.29 is 23.8 Å². The zero-order chi connectivity index (χ0) is 59.8. The van der Waals surface area contributed by atoms with Crippen molar-refractivity contribution in [2.45, 2.75) is 122 Å². The number of carbonyl (C=O) groups excluding carboxylic acids is 2. The number of rotatable bonds is 18. The van der Waals surface area contributed by atoms with Crippen LogP contribution in [0.5, 0.6) is 0 Å². The Bertz CT molecular complexity index is 3570. The largest absolute Gasteiger partial charge is 0.444 e. The predicted octanol–water partition coefficient (Wildman–Crippen LogP) is 10.7. The van der Waals surface area contributed by atoms with Crippen molar-refractivity contribution in [2.75, 3.05) is 63.5 Å². The lowest BCUT2D eigenvalue weighted by atomic mass is 9.90. The fraction of sp³-hybridized carbons (Fsp3) is 0.460. The third-order valence-corrected chi connectivity index (χ3v) is 18.3. The normalized spacial score (nSPS) is 15.8. The molecular weight excluding hydrogens is 1090 g/mol. The lowest BCUT2D eigenvalue weighted by Gasteiger charge is -2.35. The highest BCUT2D eigenvalue weighted by Gasteiger charge is 2.34. The number of likely N-dealkylation sites (tertiary alicyclic amines) is 1. The number of fused-ring (bicyclic) bond motifs is 2. The average Bonchev–Trinajstić information content (AvgIpc) is 3.91. The van der Waals surface area contributed by atoms with Crippen LogP contribution < -0.4 is 16.0 Å². The summed E-state index contributed by atoms with van der Waals surface area (Å²) in [4.78, 5) is 41.2. The van der Waals surface area contributed by atoms with Crippen LogP contribution in [0.4, 0.5) is 16.4 Å². The van der Waals surface area contributed by atoms with Crippen molar-refractivity contribution in [3.63, 3.8) is 0 Å². The van der Waals surface area contributed by atoms with Gasteiger partial charge in [0.25, 0.3) is 0 Å². The lowest BCUT2D eigenvalue weighted by Crippen LogP contribution is -2.42. The van der Waals surface area contributed by atoms with E-state index in [2.05, 4.69) is 76.6 Å². The second-order valence-electron chi connectivity index (χ2n) is 25.6. The molecule has 0 spiro atoms. The van der Waals surface area contributed by atoms with E-state index in [1.165, 1.54) is 0 Å². The Morgan fingerprint density at radius 2 is 1.30 bits per heavy atom. The summed E-state index contributed by atoms with van der Waals surface area (Å²) in [5.74, 6) is 8.12. The fourth-order valence-electron chi connectivity index (χ4n) is 10.4. The third kappa shape index (κ3) is 15.6. The van der Waals surface area contributed by atoms with Gasteiger partial charge in [0.1, 0.15) is 24.9 Å². The van der Waals surface area contributed by atoms with Crippen molar-refractivity contribution in [2.24, 2.45) is 14.1 Å². The van der Waals surface area contributed by atoms with Gasteiger partial charge in [-0.05, 0) is 82.8 Å². The second kappa shape index (κ2) is 26.6. The molecule has 2 aliphatic rings. The van der Waals surface area contributed by atoms with Crippen molar-refractivity contribution in [3.8, 4) is 34.1 Å². The maximum Gasteiger partial charge on any atom is 0.410 e. The van der Waals surface area contributed by atoms with Crippen molar-refractivity contribution in [1.82, 2.24) is 59.0 Å². The molecule has 0 aliphatic carbocycles. The monoisotopic (exact) mass is 1170 g/mol. The van der Waals surface area contributed by atoms with Gasteiger partial charge in [-0.3, -0.25) is 14.2 Å². The number of benzene rings is 2. The van der Waals surface area contributed by atoms with Crippen LogP contribution in [0.3, 0.4) is 0 Å². The van der Waals surface area contributed by atoms with Crippen molar-refractivity contribution in [3.05, 3.63) is 131 Å². The minimum absolute atomic E-state index is 0.0305. The van der Waals surface area contributed by atoms with Gasteiger partial charge in [-0.1, -0.05) is 99.7 Å². The number of ether oxygens (including phenoxy) is 3. The molecule has 84 heavy (non-hydrogen) atoms. The first-order valence-electron chi connectivity index (χ1n) is 29.4. The minimum atomic E-state index is -1.33. The van der Waals surface area contributed by atoms with E-state index in [0.29, 0.717) is 62.4 Å². The van der Waals surface area contributed by atoms with Gasteiger partial charge in [-0.2, -0.15) is 29.4 Å². The van der Waals surface area contributed by atoms with Crippen LogP contribution in [0.2, 0.25) is 51.4 Å². The Labute approximate surface area is 496 Å². The van der Waals surface area contributed by atoms with E-state index in [0.717, 1.165) is 107 Å². The van der Waals surface area contributed by atoms with Gasteiger partial charge in [0.2, 0.25) is 0 Å². The maximum atomic E-state index is 13.4. The number of nitrogen functional groups attached to an aromatic ring is 1. The molecule has 2 atom stereocenters. The number of aryl methyl sites for hydroxylation is 2. The summed E-state index contributed by atoms with van der Waals surface area (Å²) >= 11 is 0. The van der Waals surface area contributed by atoms with E-state index in [9.17, 15) is 9.59 Å². The van der Waals surface area contributed by atoms with Gasteiger partial charge in [-0.15, -0.1) is 0 Å². The first-order chi connectivity index (χ1) is 40.1. The average molecular weight is 1170 g/mol. The number of Topliss-reactive ketones (excluding diaryl/α,β-unsaturated/α-hetero) is 1. The summed E-state index contributed by atoms with van der Waals surface area (Å²) in [6, 6.07) is 21.8. The molecular formula is C63H84N14O5Si2. The molecule has 0 radical (unpaired) electrons. The molecule has 6 aromatic heterocycles. The van der Waals surface area contributed by atoms with Gasteiger partial charge in [-0.25, -0.2) is 14.8 Å². The molecule has 3 N–H and O–H groups in total. The van der Waals surface area contributed by atoms with Crippen LogP contribution in [-0.2, 0) is 34.7 Å². The molecule has 2 aliphatic heterocycles. The number of piperidine rings is 2. The number of nitrogens with one attached hydrogen (secondary N) is 1. The Balaban J connectivity index is 0.000000230. The van der Waals surface area contributed by atoms with Gasteiger partial charge in [0.05, 0.1) is 47.3 Å². The Morgan fingerprint density at radius 3 is 1.86 bits per heavy atom. The molecule has 2 saturated heterocycles. The smallest absolute Gasteiger partial charge is 0.410 e.